The van der Waals surface area contributed by atoms with E-state index in [-0.39, 0.29) is 5.54 Å². The predicted molar refractivity (Wildman–Crippen MR) is 71.8 cm³/mol. The Morgan fingerprint density at radius 1 is 1.47 bits per heavy atom. The van der Waals surface area contributed by atoms with E-state index in [1.165, 1.54) is 19.4 Å². The second-order valence-corrected chi connectivity index (χ2v) is 5.68. The van der Waals surface area contributed by atoms with E-state index in [9.17, 15) is 5.26 Å². The van der Waals surface area contributed by atoms with Crippen molar-refractivity contribution in [2.24, 2.45) is 5.92 Å². The van der Waals surface area contributed by atoms with E-state index in [4.69, 9.17) is 0 Å². The highest BCUT2D eigenvalue weighted by molar-refractivity contribution is 5.03. The molecule has 1 N–H and O–H groups in total. The van der Waals surface area contributed by atoms with Gasteiger partial charge in [-0.2, -0.15) is 5.26 Å². The van der Waals surface area contributed by atoms with Gasteiger partial charge in [-0.3, -0.25) is 5.32 Å². The van der Waals surface area contributed by atoms with Gasteiger partial charge in [0.2, 0.25) is 0 Å². The van der Waals surface area contributed by atoms with Crippen LogP contribution in [-0.2, 0) is 0 Å². The maximum absolute atomic E-state index is 9.21. The summed E-state index contributed by atoms with van der Waals surface area (Å²) >= 11 is 0. The number of rotatable bonds is 9. The van der Waals surface area contributed by atoms with Crippen molar-refractivity contribution < 1.29 is 0 Å². The van der Waals surface area contributed by atoms with Crippen LogP contribution in [-0.4, -0.2) is 37.1 Å². The molecule has 1 aliphatic rings. The van der Waals surface area contributed by atoms with Crippen LogP contribution in [0.25, 0.3) is 0 Å². The van der Waals surface area contributed by atoms with Crippen molar-refractivity contribution >= 4 is 0 Å². The molecular weight excluding hydrogens is 210 g/mol. The average Bonchev–Trinajstić information content (AvgIpc) is 3.10. The van der Waals surface area contributed by atoms with Gasteiger partial charge < -0.3 is 4.90 Å². The fourth-order valence-corrected chi connectivity index (χ4v) is 2.12. The minimum atomic E-state index is -0.337. The molecular formula is C14H27N3. The van der Waals surface area contributed by atoms with Gasteiger partial charge in [0.15, 0.2) is 0 Å². The first-order valence-corrected chi connectivity index (χ1v) is 6.94. The third-order valence-corrected chi connectivity index (χ3v) is 3.50. The smallest absolute Gasteiger partial charge is 0.103 e. The second-order valence-electron chi connectivity index (χ2n) is 5.68. The molecule has 17 heavy (non-hydrogen) atoms. The highest BCUT2D eigenvalue weighted by Gasteiger charge is 2.24. The van der Waals surface area contributed by atoms with Crippen LogP contribution in [0.3, 0.4) is 0 Å². The van der Waals surface area contributed by atoms with Crippen LogP contribution in [0.5, 0.6) is 0 Å². The summed E-state index contributed by atoms with van der Waals surface area (Å²) in [6.45, 7) is 7.44. The quantitative estimate of drug-likeness (QED) is 0.669. The third-order valence-electron chi connectivity index (χ3n) is 3.50. The Kier molecular flexibility index (Phi) is 5.94. The van der Waals surface area contributed by atoms with Gasteiger partial charge in [0.1, 0.15) is 5.54 Å². The monoisotopic (exact) mass is 237 g/mol. The van der Waals surface area contributed by atoms with Crippen molar-refractivity contribution in [3.8, 4) is 6.07 Å². The van der Waals surface area contributed by atoms with Gasteiger partial charge in [-0.05, 0) is 65.1 Å². The summed E-state index contributed by atoms with van der Waals surface area (Å²) in [6, 6.07) is 2.41. The topological polar surface area (TPSA) is 39.1 Å². The molecule has 0 aromatic heterocycles. The molecule has 3 nitrogen and oxygen atoms in total. The lowest BCUT2D eigenvalue weighted by atomic mass is 9.97. The van der Waals surface area contributed by atoms with E-state index in [1.807, 2.05) is 6.92 Å². The highest BCUT2D eigenvalue weighted by Crippen LogP contribution is 2.29. The van der Waals surface area contributed by atoms with Gasteiger partial charge >= 0.3 is 0 Å². The lowest BCUT2D eigenvalue weighted by Gasteiger charge is -2.24. The Hall–Kier alpha value is -0.590. The Morgan fingerprint density at radius 2 is 2.18 bits per heavy atom. The molecule has 1 atom stereocenters. The van der Waals surface area contributed by atoms with Gasteiger partial charge in [0.25, 0.3) is 0 Å². The fourth-order valence-electron chi connectivity index (χ4n) is 2.12. The average molecular weight is 237 g/mol. The molecule has 1 saturated carbocycles. The van der Waals surface area contributed by atoms with E-state index in [1.54, 1.807) is 0 Å². The van der Waals surface area contributed by atoms with Crippen LogP contribution in [0.1, 0.15) is 46.0 Å². The van der Waals surface area contributed by atoms with Crippen molar-refractivity contribution in [2.75, 3.05) is 26.7 Å². The Labute approximate surface area is 106 Å². The molecule has 0 aromatic carbocycles. The molecule has 1 rings (SSSR count). The third kappa shape index (κ3) is 6.05. The SMILES string of the molecule is CCCNC(C)(C#N)CCCN(C)CC1CC1. The summed E-state index contributed by atoms with van der Waals surface area (Å²) < 4.78 is 0. The molecule has 0 bridgehead atoms. The Bertz CT molecular complexity index is 255. The molecule has 0 amide bonds. The normalized spacial score (nSPS) is 19.0. The zero-order valence-corrected chi connectivity index (χ0v) is 11.6. The van der Waals surface area contributed by atoms with Crippen molar-refractivity contribution in [3.05, 3.63) is 0 Å². The van der Waals surface area contributed by atoms with Crippen LogP contribution in [0.4, 0.5) is 0 Å². The largest absolute Gasteiger partial charge is 0.306 e. The molecule has 0 saturated heterocycles. The zero-order chi connectivity index (χ0) is 12.7. The Balaban J connectivity index is 2.15. The second kappa shape index (κ2) is 6.98. The van der Waals surface area contributed by atoms with Crippen LogP contribution >= 0.6 is 0 Å². The highest BCUT2D eigenvalue weighted by atomic mass is 15.1. The van der Waals surface area contributed by atoms with Crippen molar-refractivity contribution in [1.29, 1.82) is 5.26 Å². The maximum Gasteiger partial charge on any atom is 0.103 e. The van der Waals surface area contributed by atoms with E-state index in [2.05, 4.69) is 30.3 Å². The van der Waals surface area contributed by atoms with E-state index in [0.717, 1.165) is 38.3 Å². The van der Waals surface area contributed by atoms with Gasteiger partial charge in [-0.25, -0.2) is 0 Å². The summed E-state index contributed by atoms with van der Waals surface area (Å²) in [5, 5.41) is 12.5. The van der Waals surface area contributed by atoms with Crippen molar-refractivity contribution in [2.45, 2.75) is 51.5 Å². The Morgan fingerprint density at radius 3 is 2.71 bits per heavy atom. The van der Waals surface area contributed by atoms with Crippen LogP contribution < -0.4 is 5.32 Å². The van der Waals surface area contributed by atoms with Crippen molar-refractivity contribution in [1.82, 2.24) is 10.2 Å². The number of nitrogens with one attached hydrogen (secondary N) is 1. The first-order chi connectivity index (χ1) is 8.09. The summed E-state index contributed by atoms with van der Waals surface area (Å²) in [5.41, 5.74) is -0.337. The van der Waals surface area contributed by atoms with Gasteiger partial charge in [0, 0.05) is 6.54 Å². The summed E-state index contributed by atoms with van der Waals surface area (Å²) in [5.74, 6) is 0.959. The van der Waals surface area contributed by atoms with E-state index >= 15 is 0 Å². The number of hydrogen-bond donors (Lipinski definition) is 1. The minimum Gasteiger partial charge on any atom is -0.306 e. The van der Waals surface area contributed by atoms with E-state index in [0.29, 0.717) is 0 Å². The molecule has 0 aliphatic heterocycles. The standard InChI is InChI=1S/C14H27N3/c1-4-9-16-14(2,12-15)8-5-10-17(3)11-13-6-7-13/h13,16H,4-11H2,1-3H3. The number of hydrogen-bond acceptors (Lipinski definition) is 3. The molecule has 1 aliphatic carbocycles. The first-order valence-electron chi connectivity index (χ1n) is 6.94. The number of nitrogens with zero attached hydrogens (tertiary/aromatic N) is 2. The van der Waals surface area contributed by atoms with Crippen LogP contribution in [0.2, 0.25) is 0 Å². The maximum atomic E-state index is 9.21. The van der Waals surface area contributed by atoms with Gasteiger partial charge in [-0.1, -0.05) is 6.92 Å². The summed E-state index contributed by atoms with van der Waals surface area (Å²) in [7, 11) is 2.20. The summed E-state index contributed by atoms with van der Waals surface area (Å²) in [4.78, 5) is 2.41. The molecule has 98 valence electrons. The lowest BCUT2D eigenvalue weighted by Crippen LogP contribution is -2.41. The van der Waals surface area contributed by atoms with Crippen LogP contribution in [0, 0.1) is 17.2 Å². The lowest BCUT2D eigenvalue weighted by molar-refractivity contribution is 0.295. The zero-order valence-electron chi connectivity index (χ0n) is 11.6. The molecule has 0 spiro atoms. The molecule has 0 radical (unpaired) electrons. The van der Waals surface area contributed by atoms with Crippen LogP contribution in [0.15, 0.2) is 0 Å². The van der Waals surface area contributed by atoms with Gasteiger partial charge in [0.05, 0.1) is 6.07 Å². The summed E-state index contributed by atoms with van der Waals surface area (Å²) in [6.07, 6.45) is 5.96. The molecule has 1 unspecified atom stereocenters. The number of nitriles is 1. The predicted octanol–water partition coefficient (Wildman–Crippen LogP) is 2.39. The van der Waals surface area contributed by atoms with Gasteiger partial charge in [-0.15, -0.1) is 0 Å². The first kappa shape index (κ1) is 14.5. The van der Waals surface area contributed by atoms with Crippen molar-refractivity contribution in [3.63, 3.8) is 0 Å². The minimum absolute atomic E-state index is 0.337. The fraction of sp³-hybridized carbons (Fsp3) is 0.929. The molecule has 0 heterocycles. The molecule has 1 fully saturated rings. The van der Waals surface area contributed by atoms with E-state index < -0.39 is 0 Å². The molecule has 0 aromatic rings. The molecule has 3 heteroatoms.